The molecule has 0 aliphatic carbocycles. The first-order chi connectivity index (χ1) is 21.2. The summed E-state index contributed by atoms with van der Waals surface area (Å²) in [5, 5.41) is 141. The van der Waals surface area contributed by atoms with E-state index in [1.54, 1.807) is 0 Å². The van der Waals surface area contributed by atoms with Gasteiger partial charge in [-0.25, -0.2) is 0 Å². The van der Waals surface area contributed by atoms with Gasteiger partial charge in [0, 0.05) is 0 Å². The third-order valence-corrected chi connectivity index (χ3v) is 8.17. The Labute approximate surface area is 254 Å². The van der Waals surface area contributed by atoms with Gasteiger partial charge in [0.05, 0.1) is 26.4 Å². The lowest BCUT2D eigenvalue weighted by molar-refractivity contribution is -0.368. The summed E-state index contributed by atoms with van der Waals surface area (Å²) in [4.78, 5) is 0. The van der Waals surface area contributed by atoms with Gasteiger partial charge in [-0.1, -0.05) is 0 Å². The van der Waals surface area contributed by atoms with Crippen molar-refractivity contribution in [2.24, 2.45) is 0 Å². The van der Waals surface area contributed by atoms with E-state index >= 15 is 0 Å². The van der Waals surface area contributed by atoms with Gasteiger partial charge in [-0.3, -0.25) is 0 Å². The van der Waals surface area contributed by atoms with E-state index in [0.717, 1.165) is 0 Å². The molecule has 20 atom stereocenters. The predicted octanol–water partition coefficient (Wildman–Crippen LogP) is -9.75. The Balaban J connectivity index is 1.36. The summed E-state index contributed by atoms with van der Waals surface area (Å²) in [7, 11) is 0. The van der Waals surface area contributed by atoms with Crippen molar-refractivity contribution in [3.63, 3.8) is 0 Å². The number of hydrogen-bond acceptors (Lipinski definition) is 21. The fraction of sp³-hybridized carbons (Fsp3) is 1.00. The highest BCUT2D eigenvalue weighted by atomic mass is 16.8. The van der Waals surface area contributed by atoms with Crippen molar-refractivity contribution in [1.82, 2.24) is 0 Å². The van der Waals surface area contributed by atoms with Gasteiger partial charge in [-0.2, -0.15) is 0 Å². The molecule has 4 heterocycles. The lowest BCUT2D eigenvalue weighted by atomic mass is 9.97. The largest absolute Gasteiger partial charge is 0.394 e. The predicted molar refractivity (Wildman–Crippen MR) is 134 cm³/mol. The molecule has 0 amide bonds. The van der Waals surface area contributed by atoms with E-state index in [4.69, 9.17) is 33.2 Å². The maximum Gasteiger partial charge on any atom is 0.187 e. The van der Waals surface area contributed by atoms with Crippen LogP contribution in [0.2, 0.25) is 0 Å². The molecule has 0 radical (unpaired) electrons. The summed E-state index contributed by atoms with van der Waals surface area (Å²) >= 11 is 0. The van der Waals surface area contributed by atoms with Gasteiger partial charge in [0.2, 0.25) is 0 Å². The van der Waals surface area contributed by atoms with E-state index in [9.17, 15) is 71.5 Å². The zero-order valence-corrected chi connectivity index (χ0v) is 23.5. The standard InChI is InChI=1S/C24H42O21/c25-1-5-10(28)16(34)20(21(38)41-5)45-24-19(37)15(33)12(30)8(44-24)4-40-23-18(36)14(32)11(29)7(43-23)3-39-22-17(35)13(31)9(27)6(2-26)42-22/h5-38H,1-4H2/t5-,6-,7-,8-,9-,10-,11-,12-,13+,14+,15+,16+,17-,18-,19-,20-,21?,22+,23+,24-/m1/s1. The third kappa shape index (κ3) is 7.75. The molecule has 264 valence electrons. The van der Waals surface area contributed by atoms with Crippen LogP contribution in [0, 0.1) is 0 Å². The molecular formula is C24H42O21. The molecule has 4 aliphatic heterocycles. The minimum atomic E-state index is -1.96. The second kappa shape index (κ2) is 15.6. The van der Waals surface area contributed by atoms with Crippen LogP contribution in [0.1, 0.15) is 0 Å². The quantitative estimate of drug-likeness (QED) is 0.103. The Bertz CT molecular complexity index is 916. The van der Waals surface area contributed by atoms with Gasteiger partial charge in [-0.05, 0) is 0 Å². The average molecular weight is 667 g/mol. The van der Waals surface area contributed by atoms with Crippen molar-refractivity contribution in [3.05, 3.63) is 0 Å². The number of rotatable bonds is 10. The molecule has 45 heavy (non-hydrogen) atoms. The normalized spacial score (nSPS) is 52.9. The maximum absolute atomic E-state index is 10.5. The molecule has 0 spiro atoms. The smallest absolute Gasteiger partial charge is 0.187 e. The summed E-state index contributed by atoms with van der Waals surface area (Å²) in [5.74, 6) is 0. The highest BCUT2D eigenvalue weighted by Gasteiger charge is 2.52. The third-order valence-electron chi connectivity index (χ3n) is 8.17. The second-order valence-electron chi connectivity index (χ2n) is 11.2. The molecule has 0 bridgehead atoms. The maximum atomic E-state index is 10.5. The highest BCUT2D eigenvalue weighted by molar-refractivity contribution is 4.95. The first-order valence-electron chi connectivity index (χ1n) is 14.1. The van der Waals surface area contributed by atoms with Gasteiger partial charge in [0.15, 0.2) is 25.2 Å². The van der Waals surface area contributed by atoms with Gasteiger partial charge >= 0.3 is 0 Å². The monoisotopic (exact) mass is 666 g/mol. The second-order valence-corrected chi connectivity index (χ2v) is 11.2. The zero-order chi connectivity index (χ0) is 33.3. The van der Waals surface area contributed by atoms with Crippen LogP contribution in [0.25, 0.3) is 0 Å². The number of ether oxygens (including phenoxy) is 7. The molecular weight excluding hydrogens is 624 g/mol. The van der Waals surface area contributed by atoms with Crippen LogP contribution in [-0.2, 0) is 33.2 Å². The van der Waals surface area contributed by atoms with E-state index in [-0.39, 0.29) is 0 Å². The molecule has 4 fully saturated rings. The Morgan fingerprint density at radius 2 is 0.733 bits per heavy atom. The molecule has 4 aliphatic rings. The molecule has 4 saturated heterocycles. The molecule has 0 aromatic carbocycles. The van der Waals surface area contributed by atoms with E-state index in [0.29, 0.717) is 0 Å². The van der Waals surface area contributed by atoms with Gasteiger partial charge in [0.1, 0.15) is 97.7 Å². The van der Waals surface area contributed by atoms with Crippen molar-refractivity contribution in [2.45, 2.75) is 123 Å². The van der Waals surface area contributed by atoms with E-state index in [1.165, 1.54) is 0 Å². The summed E-state index contributed by atoms with van der Waals surface area (Å²) < 4.78 is 37.2. The SMILES string of the molecule is OC[C@H]1O[C@H](OC[C@H]2O[C@H](OC[C@H]3O[C@H](O[C@H]4C(O)O[C@H](CO)[C@@H](O)[C@@H]4O)[C@H](O)[C@@H](O)[C@@H]3O)[C@H](O)[C@@H](O)[C@@H]2O)[C@H](O)[C@@H](O)[C@@H]1O. The highest BCUT2D eigenvalue weighted by Crippen LogP contribution is 2.30. The average Bonchev–Trinajstić information content (AvgIpc) is 3.02. The van der Waals surface area contributed by atoms with Crippen molar-refractivity contribution in [3.8, 4) is 0 Å². The summed E-state index contributed by atoms with van der Waals surface area (Å²) in [5.41, 5.74) is 0. The zero-order valence-electron chi connectivity index (χ0n) is 23.5. The molecule has 1 unspecified atom stereocenters. The first kappa shape index (κ1) is 37.0. The van der Waals surface area contributed by atoms with Crippen molar-refractivity contribution in [1.29, 1.82) is 0 Å². The van der Waals surface area contributed by atoms with Crippen LogP contribution in [0.5, 0.6) is 0 Å². The van der Waals surface area contributed by atoms with Crippen LogP contribution in [0.3, 0.4) is 0 Å². The van der Waals surface area contributed by atoms with Crippen LogP contribution < -0.4 is 0 Å². The summed E-state index contributed by atoms with van der Waals surface area (Å²) in [6.45, 7) is -2.86. The van der Waals surface area contributed by atoms with E-state index in [1.807, 2.05) is 0 Å². The number of aliphatic hydroxyl groups excluding tert-OH is 14. The lowest BCUT2D eigenvalue weighted by Gasteiger charge is -2.45. The van der Waals surface area contributed by atoms with Crippen LogP contribution >= 0.6 is 0 Å². The Morgan fingerprint density at radius 1 is 0.378 bits per heavy atom. The van der Waals surface area contributed by atoms with Gasteiger partial charge in [0.25, 0.3) is 0 Å². The van der Waals surface area contributed by atoms with Crippen LogP contribution in [0.4, 0.5) is 0 Å². The number of hydrogen-bond donors (Lipinski definition) is 14. The topological polar surface area (TPSA) is 348 Å². The van der Waals surface area contributed by atoms with E-state index < -0.39 is 149 Å². The first-order valence-corrected chi connectivity index (χ1v) is 14.1. The summed E-state index contributed by atoms with van der Waals surface area (Å²) in [6, 6.07) is 0. The molecule has 0 aromatic rings. The molecule has 14 N–H and O–H groups in total. The van der Waals surface area contributed by atoms with Crippen molar-refractivity contribution < 1.29 is 105 Å². The lowest BCUT2D eigenvalue weighted by Crippen LogP contribution is -2.65. The fourth-order valence-electron chi connectivity index (χ4n) is 5.32. The van der Waals surface area contributed by atoms with Crippen LogP contribution in [0.15, 0.2) is 0 Å². The molecule has 0 aromatic heterocycles. The van der Waals surface area contributed by atoms with Crippen LogP contribution in [-0.4, -0.2) is 221 Å². The molecule has 21 heteroatoms. The van der Waals surface area contributed by atoms with Gasteiger partial charge in [-0.15, -0.1) is 0 Å². The fourth-order valence-corrected chi connectivity index (χ4v) is 5.32. The minimum absolute atomic E-state index is 0.645. The molecule has 0 saturated carbocycles. The number of aliphatic hydroxyl groups is 14. The van der Waals surface area contributed by atoms with Crippen molar-refractivity contribution >= 4 is 0 Å². The minimum Gasteiger partial charge on any atom is -0.394 e. The Morgan fingerprint density at radius 3 is 1.20 bits per heavy atom. The molecule has 21 nitrogen and oxygen atoms in total. The molecule has 4 rings (SSSR count). The summed E-state index contributed by atoms with van der Waals surface area (Å²) in [6.07, 6.45) is -34.6. The Hall–Kier alpha value is -0.840. The van der Waals surface area contributed by atoms with E-state index in [2.05, 4.69) is 0 Å². The van der Waals surface area contributed by atoms with Crippen molar-refractivity contribution in [2.75, 3.05) is 26.4 Å². The van der Waals surface area contributed by atoms with Gasteiger partial charge < -0.3 is 105 Å². The Kier molecular flexibility index (Phi) is 12.8.